The zero-order valence-electron chi connectivity index (χ0n) is 18.4. The Morgan fingerprint density at radius 1 is 1.00 bits per heavy atom. The zero-order valence-corrected chi connectivity index (χ0v) is 18.4. The minimum Gasteiger partial charge on any atom is -0.489 e. The molecule has 0 saturated carbocycles. The molecule has 0 aliphatic heterocycles. The number of halogens is 3. The maximum atomic E-state index is 13.5. The van der Waals surface area contributed by atoms with Crippen molar-refractivity contribution >= 4 is 16.9 Å². The lowest BCUT2D eigenvalue weighted by Gasteiger charge is -2.15. The molecule has 34 heavy (non-hydrogen) atoms. The van der Waals surface area contributed by atoms with Gasteiger partial charge in [-0.1, -0.05) is 48.5 Å². The van der Waals surface area contributed by atoms with Crippen LogP contribution in [0.4, 0.5) is 13.2 Å². The van der Waals surface area contributed by atoms with Crippen LogP contribution >= 0.6 is 0 Å². The number of para-hydroxylation sites is 1. The van der Waals surface area contributed by atoms with E-state index in [0.29, 0.717) is 23.1 Å². The first-order valence-electron chi connectivity index (χ1n) is 10.7. The number of ether oxygens (including phenoxy) is 1. The molecule has 0 saturated heterocycles. The molecule has 3 aromatic carbocycles. The fraction of sp³-hybridized carbons (Fsp3) is 0.185. The van der Waals surface area contributed by atoms with Gasteiger partial charge in [0.1, 0.15) is 12.4 Å². The summed E-state index contributed by atoms with van der Waals surface area (Å²) in [4.78, 5) is 14.9. The summed E-state index contributed by atoms with van der Waals surface area (Å²) in [5.41, 5.74) is 3.14. The molecule has 174 valence electrons. The van der Waals surface area contributed by atoms with Crippen molar-refractivity contribution in [2.45, 2.75) is 32.5 Å². The van der Waals surface area contributed by atoms with E-state index in [0.717, 1.165) is 28.3 Å². The van der Waals surface area contributed by atoms with Crippen molar-refractivity contribution in [1.29, 1.82) is 0 Å². The third kappa shape index (κ3) is 5.20. The van der Waals surface area contributed by atoms with Crippen LogP contribution in [0.5, 0.6) is 5.75 Å². The molecule has 0 fully saturated rings. The van der Waals surface area contributed by atoms with Crippen LogP contribution in [0.1, 0.15) is 28.7 Å². The van der Waals surface area contributed by atoms with Crippen LogP contribution < -0.4 is 4.74 Å². The van der Waals surface area contributed by atoms with E-state index in [9.17, 15) is 18.0 Å². The van der Waals surface area contributed by atoms with Gasteiger partial charge in [0.15, 0.2) is 0 Å². The van der Waals surface area contributed by atoms with Gasteiger partial charge in [0.05, 0.1) is 11.1 Å². The molecular formula is C27H22F3NO3. The normalized spacial score (nSPS) is 11.5. The van der Waals surface area contributed by atoms with Crippen LogP contribution in [-0.2, 0) is 24.0 Å². The summed E-state index contributed by atoms with van der Waals surface area (Å²) < 4.78 is 46.5. The Morgan fingerprint density at radius 2 is 1.74 bits per heavy atom. The van der Waals surface area contributed by atoms with Crippen molar-refractivity contribution < 1.29 is 27.8 Å². The van der Waals surface area contributed by atoms with Crippen LogP contribution in [0.2, 0.25) is 0 Å². The molecule has 0 aliphatic carbocycles. The predicted molar refractivity (Wildman–Crippen MR) is 124 cm³/mol. The molecule has 0 aliphatic rings. The maximum absolute atomic E-state index is 13.5. The van der Waals surface area contributed by atoms with Gasteiger partial charge in [0.25, 0.3) is 0 Å². The fourth-order valence-corrected chi connectivity index (χ4v) is 3.97. The second-order valence-electron chi connectivity index (χ2n) is 8.05. The molecule has 0 spiro atoms. The SMILES string of the molecule is Cc1cnc2c(C(F)(F)F)cccc2c1-c1cccc(OCc2cccc(CCC(=O)O)c2)c1. The second-order valence-corrected chi connectivity index (χ2v) is 8.05. The highest BCUT2D eigenvalue weighted by atomic mass is 19.4. The number of carboxylic acid groups (broad SMARTS) is 1. The number of carbonyl (C=O) groups is 1. The van der Waals surface area contributed by atoms with Gasteiger partial charge in [-0.05, 0) is 59.4 Å². The van der Waals surface area contributed by atoms with E-state index < -0.39 is 17.7 Å². The number of benzene rings is 3. The number of pyridine rings is 1. The molecular weight excluding hydrogens is 443 g/mol. The molecule has 0 bridgehead atoms. The first-order chi connectivity index (χ1) is 16.2. The smallest absolute Gasteiger partial charge is 0.418 e. The summed E-state index contributed by atoms with van der Waals surface area (Å²) in [6.45, 7) is 2.09. The van der Waals surface area contributed by atoms with Crippen LogP contribution in [0.25, 0.3) is 22.0 Å². The molecule has 4 nitrogen and oxygen atoms in total. The van der Waals surface area contributed by atoms with Gasteiger partial charge in [0, 0.05) is 18.0 Å². The highest BCUT2D eigenvalue weighted by molar-refractivity contribution is 5.97. The lowest BCUT2D eigenvalue weighted by atomic mass is 9.95. The number of nitrogens with zero attached hydrogens (tertiary/aromatic N) is 1. The predicted octanol–water partition coefficient (Wildman–Crippen LogP) is 6.83. The first kappa shape index (κ1) is 23.3. The van der Waals surface area contributed by atoms with Crippen molar-refractivity contribution in [3.05, 3.63) is 95.2 Å². The van der Waals surface area contributed by atoms with Crippen molar-refractivity contribution in [2.24, 2.45) is 0 Å². The number of aliphatic carboxylic acids is 1. The number of aromatic nitrogens is 1. The molecule has 7 heteroatoms. The molecule has 0 atom stereocenters. The molecule has 4 rings (SSSR count). The number of aryl methyl sites for hydroxylation is 2. The number of hydrogen-bond donors (Lipinski definition) is 1. The Balaban J connectivity index is 1.62. The van der Waals surface area contributed by atoms with E-state index in [1.807, 2.05) is 37.3 Å². The fourth-order valence-electron chi connectivity index (χ4n) is 3.97. The molecule has 1 aromatic heterocycles. The Kier molecular flexibility index (Phi) is 6.54. The molecule has 0 radical (unpaired) electrons. The number of rotatable bonds is 7. The number of alkyl halides is 3. The van der Waals surface area contributed by atoms with E-state index >= 15 is 0 Å². The minimum atomic E-state index is -4.50. The summed E-state index contributed by atoms with van der Waals surface area (Å²) in [5, 5.41) is 9.30. The maximum Gasteiger partial charge on any atom is 0.418 e. The molecule has 0 amide bonds. The topological polar surface area (TPSA) is 59.4 Å². The van der Waals surface area contributed by atoms with Crippen molar-refractivity contribution in [1.82, 2.24) is 4.98 Å². The lowest BCUT2D eigenvalue weighted by molar-refractivity contribution is -0.137. The van der Waals surface area contributed by atoms with E-state index in [1.165, 1.54) is 12.3 Å². The van der Waals surface area contributed by atoms with Crippen molar-refractivity contribution in [3.8, 4) is 16.9 Å². The van der Waals surface area contributed by atoms with E-state index in [-0.39, 0.29) is 18.5 Å². The lowest BCUT2D eigenvalue weighted by Crippen LogP contribution is -2.07. The Labute approximate surface area is 194 Å². The molecule has 1 heterocycles. The van der Waals surface area contributed by atoms with Crippen LogP contribution in [0, 0.1) is 6.92 Å². The van der Waals surface area contributed by atoms with Gasteiger partial charge >= 0.3 is 12.1 Å². The molecule has 0 unspecified atom stereocenters. The summed E-state index contributed by atoms with van der Waals surface area (Å²) in [6.07, 6.45) is -2.54. The Hall–Kier alpha value is -3.87. The van der Waals surface area contributed by atoms with Gasteiger partial charge in [-0.25, -0.2) is 0 Å². The first-order valence-corrected chi connectivity index (χ1v) is 10.7. The van der Waals surface area contributed by atoms with Crippen molar-refractivity contribution in [3.63, 3.8) is 0 Å². The molecule has 1 N–H and O–H groups in total. The van der Waals surface area contributed by atoms with E-state index in [4.69, 9.17) is 9.84 Å². The zero-order chi connectivity index (χ0) is 24.3. The third-order valence-electron chi connectivity index (χ3n) is 5.54. The van der Waals surface area contributed by atoms with Gasteiger partial charge in [-0.2, -0.15) is 13.2 Å². The van der Waals surface area contributed by atoms with E-state index in [2.05, 4.69) is 4.98 Å². The quantitative estimate of drug-likeness (QED) is 0.325. The highest BCUT2D eigenvalue weighted by Gasteiger charge is 2.33. The second kappa shape index (κ2) is 9.55. The Morgan fingerprint density at radius 3 is 2.50 bits per heavy atom. The average Bonchev–Trinajstić information content (AvgIpc) is 2.81. The van der Waals surface area contributed by atoms with Crippen LogP contribution in [-0.4, -0.2) is 16.1 Å². The summed E-state index contributed by atoms with van der Waals surface area (Å²) >= 11 is 0. The summed E-state index contributed by atoms with van der Waals surface area (Å²) in [7, 11) is 0. The summed E-state index contributed by atoms with van der Waals surface area (Å²) in [5.74, 6) is -0.274. The molecule has 4 aromatic rings. The van der Waals surface area contributed by atoms with Crippen LogP contribution in [0.15, 0.2) is 72.9 Å². The van der Waals surface area contributed by atoms with Crippen molar-refractivity contribution in [2.75, 3.05) is 0 Å². The van der Waals surface area contributed by atoms with Gasteiger partial charge in [0.2, 0.25) is 0 Å². The minimum absolute atomic E-state index is 0.0572. The average molecular weight is 465 g/mol. The van der Waals surface area contributed by atoms with Crippen LogP contribution in [0.3, 0.4) is 0 Å². The number of hydrogen-bond acceptors (Lipinski definition) is 3. The number of carboxylic acids is 1. The van der Waals surface area contributed by atoms with Gasteiger partial charge in [-0.15, -0.1) is 0 Å². The van der Waals surface area contributed by atoms with Gasteiger partial charge in [-0.3, -0.25) is 9.78 Å². The van der Waals surface area contributed by atoms with E-state index in [1.54, 1.807) is 24.3 Å². The third-order valence-corrected chi connectivity index (χ3v) is 5.54. The largest absolute Gasteiger partial charge is 0.489 e. The monoisotopic (exact) mass is 465 g/mol. The standard InChI is InChI=1S/C27H22F3NO3/c1-17-15-31-26-22(9-4-10-23(26)27(28,29)30)25(17)20-7-3-8-21(14-20)34-16-19-6-2-5-18(13-19)11-12-24(32)33/h2-10,13-15H,11-12,16H2,1H3,(H,32,33). The Bertz CT molecular complexity index is 1350. The van der Waals surface area contributed by atoms with Gasteiger partial charge < -0.3 is 9.84 Å². The number of fused-ring (bicyclic) bond motifs is 1. The summed E-state index contributed by atoms with van der Waals surface area (Å²) in [6, 6.07) is 18.8. The highest BCUT2D eigenvalue weighted by Crippen LogP contribution is 2.38.